The lowest BCUT2D eigenvalue weighted by molar-refractivity contribution is 0.175. The Balaban J connectivity index is 1.81. The zero-order valence-corrected chi connectivity index (χ0v) is 18.9. The summed E-state index contributed by atoms with van der Waals surface area (Å²) in [5, 5.41) is 11.9. The number of methoxy groups -OCH3 is 1. The first-order valence-corrected chi connectivity index (χ1v) is 11.0. The molecule has 3 aromatic rings. The summed E-state index contributed by atoms with van der Waals surface area (Å²) in [7, 11) is 1.54. The van der Waals surface area contributed by atoms with Gasteiger partial charge in [-0.1, -0.05) is 11.6 Å². The van der Waals surface area contributed by atoms with Gasteiger partial charge in [-0.3, -0.25) is 4.79 Å². The fourth-order valence-corrected chi connectivity index (χ4v) is 5.28. The molecule has 5 nitrogen and oxygen atoms in total. The number of hydrogen-bond donors (Lipinski definition) is 1. The molecule has 1 N–H and O–H groups in total. The second kappa shape index (κ2) is 7.64. The van der Waals surface area contributed by atoms with Crippen molar-refractivity contribution in [2.24, 2.45) is 0 Å². The summed E-state index contributed by atoms with van der Waals surface area (Å²) in [6, 6.07) is 3.37. The average Bonchev–Trinajstić information content (AvgIpc) is 3.12. The number of aliphatic hydroxyl groups excluding tert-OH is 1. The average molecular weight is 435 g/mol. The largest absolute Gasteiger partial charge is 0.384 e. The van der Waals surface area contributed by atoms with Gasteiger partial charge in [0.2, 0.25) is 0 Å². The third-order valence-electron chi connectivity index (χ3n) is 6.76. The number of hydrogen-bond acceptors (Lipinski definition) is 4. The number of ether oxygens (including phenoxy) is 1. The maximum atomic E-state index is 14.6. The predicted octanol–water partition coefficient (Wildman–Crippen LogP) is 4.51. The fraction of sp³-hybridized carbons (Fsp3) is 0.385. The molecule has 0 bridgehead atoms. The molecular weight excluding hydrogens is 407 g/mol. The van der Waals surface area contributed by atoms with Gasteiger partial charge in [-0.2, -0.15) is 0 Å². The van der Waals surface area contributed by atoms with Crippen molar-refractivity contribution in [3.05, 3.63) is 73.3 Å². The summed E-state index contributed by atoms with van der Waals surface area (Å²) in [5.74, 6) is -0.238. The van der Waals surface area contributed by atoms with Gasteiger partial charge < -0.3 is 14.4 Å². The van der Waals surface area contributed by atoms with Crippen molar-refractivity contribution in [2.75, 3.05) is 7.11 Å². The smallest absolute Gasteiger partial charge is 0.257 e. The van der Waals surface area contributed by atoms with Crippen molar-refractivity contribution in [1.29, 1.82) is 0 Å². The van der Waals surface area contributed by atoms with Crippen LogP contribution in [0.15, 0.2) is 28.6 Å². The summed E-state index contributed by atoms with van der Waals surface area (Å²) >= 11 is 0. The minimum Gasteiger partial charge on any atom is -0.384 e. The standard InChI is InChI=1S/C26H27FN2O3/c1-13(2)8-23(30)17-9-22-25-18(11-29(22)26(31)19(17)12-32-4)16-7-5-6-15-14(3)20(27)10-21(28-25)24(15)16/h8-10,23,30H,5-7,11-12H2,1-4H3. The number of rotatable bonds is 4. The quantitative estimate of drug-likeness (QED) is 0.480. The Bertz CT molecular complexity index is 1370. The highest BCUT2D eigenvalue weighted by atomic mass is 19.1. The zero-order chi connectivity index (χ0) is 22.7. The molecule has 1 aliphatic heterocycles. The van der Waals surface area contributed by atoms with E-state index in [1.54, 1.807) is 17.8 Å². The van der Waals surface area contributed by atoms with E-state index in [0.717, 1.165) is 47.0 Å². The number of pyridine rings is 2. The lowest BCUT2D eigenvalue weighted by atomic mass is 9.85. The molecule has 1 unspecified atom stereocenters. The van der Waals surface area contributed by atoms with Gasteiger partial charge in [0.15, 0.2) is 0 Å². The Labute approximate surface area is 186 Å². The van der Waals surface area contributed by atoms with Crippen LogP contribution in [0.5, 0.6) is 0 Å². The Morgan fingerprint density at radius 2 is 2.03 bits per heavy atom. The first kappa shape index (κ1) is 21.0. The first-order chi connectivity index (χ1) is 15.3. The zero-order valence-electron chi connectivity index (χ0n) is 18.9. The van der Waals surface area contributed by atoms with E-state index in [-0.39, 0.29) is 18.0 Å². The van der Waals surface area contributed by atoms with Crippen molar-refractivity contribution in [1.82, 2.24) is 9.55 Å². The molecule has 5 rings (SSSR count). The molecule has 32 heavy (non-hydrogen) atoms. The van der Waals surface area contributed by atoms with Gasteiger partial charge in [-0.05, 0) is 68.4 Å². The molecule has 0 saturated carbocycles. The molecule has 0 spiro atoms. The van der Waals surface area contributed by atoms with Crippen LogP contribution in [0.1, 0.15) is 59.8 Å². The van der Waals surface area contributed by atoms with Crippen LogP contribution in [0.25, 0.3) is 22.3 Å². The van der Waals surface area contributed by atoms with Crippen LogP contribution in [0.4, 0.5) is 4.39 Å². The van der Waals surface area contributed by atoms with Crippen LogP contribution in [0.2, 0.25) is 0 Å². The van der Waals surface area contributed by atoms with Crippen LogP contribution in [-0.4, -0.2) is 21.8 Å². The summed E-state index contributed by atoms with van der Waals surface area (Å²) in [6.07, 6.45) is 3.49. The number of aromatic nitrogens is 2. The second-order valence-corrected chi connectivity index (χ2v) is 9.10. The summed E-state index contributed by atoms with van der Waals surface area (Å²) in [4.78, 5) is 18.3. The van der Waals surface area contributed by atoms with Crippen LogP contribution < -0.4 is 5.56 Å². The number of nitrogens with zero attached hydrogens (tertiary/aromatic N) is 2. The number of aryl methyl sites for hydroxylation is 2. The van der Waals surface area contributed by atoms with E-state index in [9.17, 15) is 14.3 Å². The van der Waals surface area contributed by atoms with Crippen LogP contribution in [-0.2, 0) is 30.7 Å². The van der Waals surface area contributed by atoms with E-state index in [1.165, 1.54) is 11.6 Å². The van der Waals surface area contributed by atoms with E-state index < -0.39 is 6.10 Å². The van der Waals surface area contributed by atoms with Crippen molar-refractivity contribution in [3.8, 4) is 11.4 Å². The Morgan fingerprint density at radius 1 is 1.28 bits per heavy atom. The van der Waals surface area contributed by atoms with Crippen molar-refractivity contribution >= 4 is 10.9 Å². The van der Waals surface area contributed by atoms with E-state index in [0.29, 0.717) is 34.4 Å². The normalized spacial score (nSPS) is 14.9. The highest BCUT2D eigenvalue weighted by molar-refractivity contribution is 5.92. The Kier molecular flexibility index (Phi) is 5.02. The number of halogens is 1. The lowest BCUT2D eigenvalue weighted by Crippen LogP contribution is -2.26. The van der Waals surface area contributed by atoms with Crippen molar-refractivity contribution in [3.63, 3.8) is 0 Å². The molecule has 1 aliphatic carbocycles. The summed E-state index contributed by atoms with van der Waals surface area (Å²) < 4.78 is 21.7. The highest BCUT2D eigenvalue weighted by Gasteiger charge is 2.31. The van der Waals surface area contributed by atoms with Gasteiger partial charge in [-0.25, -0.2) is 9.37 Å². The Hall–Kier alpha value is -2.83. The second-order valence-electron chi connectivity index (χ2n) is 9.10. The molecule has 2 aromatic heterocycles. The predicted molar refractivity (Wildman–Crippen MR) is 122 cm³/mol. The molecule has 0 saturated heterocycles. The molecule has 2 aliphatic rings. The van der Waals surface area contributed by atoms with E-state index in [4.69, 9.17) is 9.72 Å². The van der Waals surface area contributed by atoms with Gasteiger partial charge in [0.05, 0.1) is 36.2 Å². The van der Waals surface area contributed by atoms with Gasteiger partial charge in [-0.15, -0.1) is 0 Å². The molecule has 0 radical (unpaired) electrons. The molecule has 1 aromatic carbocycles. The third-order valence-corrected chi connectivity index (χ3v) is 6.76. The van der Waals surface area contributed by atoms with E-state index in [1.807, 2.05) is 26.8 Å². The van der Waals surface area contributed by atoms with Crippen molar-refractivity contribution < 1.29 is 14.2 Å². The molecule has 166 valence electrons. The molecule has 3 heterocycles. The molecule has 6 heteroatoms. The van der Waals surface area contributed by atoms with Gasteiger partial charge in [0.25, 0.3) is 5.56 Å². The van der Waals surface area contributed by atoms with E-state index >= 15 is 0 Å². The molecule has 0 fully saturated rings. The third kappa shape index (κ3) is 3.05. The number of aliphatic hydroxyl groups is 1. The summed E-state index contributed by atoms with van der Waals surface area (Å²) in [5.41, 5.74) is 7.76. The van der Waals surface area contributed by atoms with Gasteiger partial charge in [0, 0.05) is 29.7 Å². The molecule has 1 atom stereocenters. The number of benzene rings is 1. The van der Waals surface area contributed by atoms with Crippen LogP contribution in [0.3, 0.4) is 0 Å². The van der Waals surface area contributed by atoms with Gasteiger partial charge in [0.1, 0.15) is 5.82 Å². The molecular formula is C26H27FN2O3. The topological polar surface area (TPSA) is 64.3 Å². The van der Waals surface area contributed by atoms with Crippen LogP contribution in [0, 0.1) is 12.7 Å². The summed E-state index contributed by atoms with van der Waals surface area (Å²) in [6.45, 7) is 6.20. The maximum absolute atomic E-state index is 14.6. The molecule has 0 amide bonds. The van der Waals surface area contributed by atoms with Gasteiger partial charge >= 0.3 is 0 Å². The monoisotopic (exact) mass is 434 g/mol. The van der Waals surface area contributed by atoms with Crippen LogP contribution >= 0.6 is 0 Å². The minimum absolute atomic E-state index is 0.120. The minimum atomic E-state index is -0.918. The van der Waals surface area contributed by atoms with Crippen molar-refractivity contribution in [2.45, 2.75) is 59.3 Å². The SMILES string of the molecule is COCc1c(C(O)C=C(C)C)cc2n(c1=O)Cc1c-2nc2cc(F)c(C)c3c2c1CCC3. The first-order valence-electron chi connectivity index (χ1n) is 11.0. The lowest BCUT2D eigenvalue weighted by Gasteiger charge is -2.21. The van der Waals surface area contributed by atoms with E-state index in [2.05, 4.69) is 0 Å². The Morgan fingerprint density at radius 3 is 2.75 bits per heavy atom. The number of allylic oxidation sites excluding steroid dienone is 1. The fourth-order valence-electron chi connectivity index (χ4n) is 5.28. The number of fused-ring (bicyclic) bond motifs is 4. The highest BCUT2D eigenvalue weighted by Crippen LogP contribution is 2.41. The maximum Gasteiger partial charge on any atom is 0.257 e.